The fourth-order valence-electron chi connectivity index (χ4n) is 2.21. The Morgan fingerprint density at radius 1 is 1.21 bits per heavy atom. The van der Waals surface area contributed by atoms with Crippen molar-refractivity contribution in [3.8, 4) is 0 Å². The molecule has 0 fully saturated rings. The number of amides is 2. The van der Waals surface area contributed by atoms with Crippen LogP contribution in [-0.4, -0.2) is 31.1 Å². The van der Waals surface area contributed by atoms with Crippen molar-refractivity contribution in [2.75, 3.05) is 19.5 Å². The number of urea groups is 1. The van der Waals surface area contributed by atoms with E-state index in [9.17, 15) is 9.59 Å². The second-order valence-electron chi connectivity index (χ2n) is 5.40. The second kappa shape index (κ2) is 7.84. The minimum atomic E-state index is -0.410. The Hall–Kier alpha value is -2.53. The number of hydrogen-bond acceptors (Lipinski definition) is 3. The number of aryl methyl sites for hydroxylation is 1. The number of halogens is 1. The lowest BCUT2D eigenvalue weighted by Crippen LogP contribution is -2.31. The van der Waals surface area contributed by atoms with Crippen molar-refractivity contribution in [2.45, 2.75) is 13.5 Å². The number of methoxy groups -OCH3 is 1. The van der Waals surface area contributed by atoms with Gasteiger partial charge in [-0.1, -0.05) is 29.8 Å². The first-order chi connectivity index (χ1) is 11.4. The molecule has 0 aliphatic carbocycles. The van der Waals surface area contributed by atoms with Gasteiger partial charge in [-0.2, -0.15) is 0 Å². The summed E-state index contributed by atoms with van der Waals surface area (Å²) in [6.07, 6.45) is 0. The van der Waals surface area contributed by atoms with Gasteiger partial charge in [0.05, 0.1) is 12.7 Å². The van der Waals surface area contributed by atoms with E-state index < -0.39 is 5.97 Å². The Labute approximate surface area is 146 Å². The molecule has 126 valence electrons. The summed E-state index contributed by atoms with van der Waals surface area (Å²) in [4.78, 5) is 25.4. The van der Waals surface area contributed by atoms with Gasteiger partial charge in [0, 0.05) is 24.3 Å². The lowest BCUT2D eigenvalue weighted by atomic mass is 10.1. The van der Waals surface area contributed by atoms with Crippen LogP contribution in [0.5, 0.6) is 0 Å². The predicted molar refractivity (Wildman–Crippen MR) is 94.5 cm³/mol. The first-order valence-electron chi connectivity index (χ1n) is 7.37. The molecule has 0 unspecified atom stereocenters. The maximum atomic E-state index is 12.3. The number of carbonyl (C=O) groups is 2. The van der Waals surface area contributed by atoms with Crippen LogP contribution in [-0.2, 0) is 11.3 Å². The van der Waals surface area contributed by atoms with E-state index in [1.165, 1.54) is 12.0 Å². The standard InChI is InChI=1S/C18H19ClN2O3/c1-12-10-13(17(22)24-3)8-9-16(12)20-18(23)21(2)11-14-6-4-5-7-15(14)19/h4-10H,11H2,1-3H3,(H,20,23). The third kappa shape index (κ3) is 4.26. The van der Waals surface area contributed by atoms with E-state index >= 15 is 0 Å². The van der Waals surface area contributed by atoms with Crippen molar-refractivity contribution >= 4 is 29.3 Å². The number of esters is 1. The van der Waals surface area contributed by atoms with E-state index in [2.05, 4.69) is 10.1 Å². The number of benzene rings is 2. The Morgan fingerprint density at radius 2 is 1.92 bits per heavy atom. The number of ether oxygens (including phenoxy) is 1. The van der Waals surface area contributed by atoms with Crippen LogP contribution in [0.1, 0.15) is 21.5 Å². The van der Waals surface area contributed by atoms with Crippen molar-refractivity contribution in [1.29, 1.82) is 0 Å². The molecule has 2 aromatic rings. The van der Waals surface area contributed by atoms with Gasteiger partial charge in [-0.3, -0.25) is 0 Å². The van der Waals surface area contributed by atoms with E-state index in [1.807, 2.05) is 25.1 Å². The summed E-state index contributed by atoms with van der Waals surface area (Å²) in [7, 11) is 3.02. The molecule has 5 nitrogen and oxygen atoms in total. The maximum absolute atomic E-state index is 12.3. The second-order valence-corrected chi connectivity index (χ2v) is 5.81. The molecule has 0 saturated carbocycles. The van der Waals surface area contributed by atoms with Gasteiger partial charge in [0.2, 0.25) is 0 Å². The summed E-state index contributed by atoms with van der Waals surface area (Å²) in [5.74, 6) is -0.410. The Kier molecular flexibility index (Phi) is 5.82. The fourth-order valence-corrected chi connectivity index (χ4v) is 2.41. The van der Waals surface area contributed by atoms with Gasteiger partial charge in [-0.15, -0.1) is 0 Å². The smallest absolute Gasteiger partial charge is 0.337 e. The molecule has 0 bridgehead atoms. The van der Waals surface area contributed by atoms with E-state index in [-0.39, 0.29) is 6.03 Å². The van der Waals surface area contributed by atoms with Crippen LogP contribution in [0.4, 0.5) is 10.5 Å². The highest BCUT2D eigenvalue weighted by molar-refractivity contribution is 6.31. The summed E-state index contributed by atoms with van der Waals surface area (Å²) in [5.41, 5.74) is 2.73. The van der Waals surface area contributed by atoms with Crippen molar-refractivity contribution in [3.05, 3.63) is 64.2 Å². The average molecular weight is 347 g/mol. The van der Waals surface area contributed by atoms with E-state index in [1.54, 1.807) is 31.3 Å². The molecule has 1 N–H and O–H groups in total. The number of hydrogen-bond donors (Lipinski definition) is 1. The molecule has 0 atom stereocenters. The summed E-state index contributed by atoms with van der Waals surface area (Å²) >= 11 is 6.12. The van der Waals surface area contributed by atoms with E-state index in [4.69, 9.17) is 11.6 Å². The van der Waals surface area contributed by atoms with Gasteiger partial charge in [0.15, 0.2) is 0 Å². The quantitative estimate of drug-likeness (QED) is 0.848. The minimum Gasteiger partial charge on any atom is -0.465 e. The van der Waals surface area contributed by atoms with Crippen LogP contribution in [0.25, 0.3) is 0 Å². The minimum absolute atomic E-state index is 0.260. The molecule has 2 aromatic carbocycles. The first-order valence-corrected chi connectivity index (χ1v) is 7.74. The molecule has 0 aromatic heterocycles. The molecule has 0 heterocycles. The zero-order valence-electron chi connectivity index (χ0n) is 13.8. The third-order valence-corrected chi connectivity index (χ3v) is 3.97. The van der Waals surface area contributed by atoms with Crippen molar-refractivity contribution < 1.29 is 14.3 Å². The molecule has 0 aliphatic heterocycles. The largest absolute Gasteiger partial charge is 0.465 e. The lowest BCUT2D eigenvalue weighted by Gasteiger charge is -2.19. The molecular weight excluding hydrogens is 328 g/mol. The Balaban J connectivity index is 2.06. The van der Waals surface area contributed by atoms with Crippen molar-refractivity contribution in [1.82, 2.24) is 4.90 Å². The highest BCUT2D eigenvalue weighted by atomic mass is 35.5. The van der Waals surface area contributed by atoms with Gasteiger partial charge in [0.25, 0.3) is 0 Å². The summed E-state index contributed by atoms with van der Waals surface area (Å²) in [5, 5.41) is 3.45. The number of carbonyl (C=O) groups excluding carboxylic acids is 2. The molecule has 0 radical (unpaired) electrons. The summed E-state index contributed by atoms with van der Waals surface area (Å²) < 4.78 is 4.68. The predicted octanol–water partition coefficient (Wildman–Crippen LogP) is 4.10. The maximum Gasteiger partial charge on any atom is 0.337 e. The van der Waals surface area contributed by atoms with Gasteiger partial charge < -0.3 is 15.0 Å². The monoisotopic (exact) mass is 346 g/mol. The van der Waals surface area contributed by atoms with Crippen LogP contribution < -0.4 is 5.32 Å². The third-order valence-electron chi connectivity index (χ3n) is 3.60. The average Bonchev–Trinajstić information content (AvgIpc) is 2.57. The number of anilines is 1. The van der Waals surface area contributed by atoms with E-state index in [0.29, 0.717) is 22.8 Å². The van der Waals surface area contributed by atoms with Crippen LogP contribution in [0.2, 0.25) is 5.02 Å². The number of rotatable bonds is 4. The zero-order valence-corrected chi connectivity index (χ0v) is 14.6. The molecule has 0 spiro atoms. The molecular formula is C18H19ClN2O3. The van der Waals surface area contributed by atoms with Crippen LogP contribution >= 0.6 is 11.6 Å². The van der Waals surface area contributed by atoms with Gasteiger partial charge in [-0.25, -0.2) is 9.59 Å². The fraction of sp³-hybridized carbons (Fsp3) is 0.222. The van der Waals surface area contributed by atoms with Crippen molar-refractivity contribution in [2.24, 2.45) is 0 Å². The van der Waals surface area contributed by atoms with Crippen molar-refractivity contribution in [3.63, 3.8) is 0 Å². The Morgan fingerprint density at radius 3 is 2.54 bits per heavy atom. The molecule has 0 aliphatic rings. The summed E-state index contributed by atoms with van der Waals surface area (Å²) in [6.45, 7) is 2.21. The Bertz CT molecular complexity index is 762. The van der Waals surface area contributed by atoms with E-state index in [0.717, 1.165) is 11.1 Å². The van der Waals surface area contributed by atoms with Crippen LogP contribution in [0.3, 0.4) is 0 Å². The van der Waals surface area contributed by atoms with Gasteiger partial charge in [0.1, 0.15) is 0 Å². The van der Waals surface area contributed by atoms with Crippen LogP contribution in [0, 0.1) is 6.92 Å². The SMILES string of the molecule is COC(=O)c1ccc(NC(=O)N(C)Cc2ccccc2Cl)c(C)c1. The highest BCUT2D eigenvalue weighted by Gasteiger charge is 2.13. The topological polar surface area (TPSA) is 58.6 Å². The summed E-state index contributed by atoms with van der Waals surface area (Å²) in [6, 6.07) is 12.1. The molecule has 2 rings (SSSR count). The van der Waals surface area contributed by atoms with Gasteiger partial charge >= 0.3 is 12.0 Å². The van der Waals surface area contributed by atoms with Gasteiger partial charge in [-0.05, 0) is 42.3 Å². The molecule has 0 saturated heterocycles. The number of nitrogens with zero attached hydrogens (tertiary/aromatic N) is 1. The highest BCUT2D eigenvalue weighted by Crippen LogP contribution is 2.19. The zero-order chi connectivity index (χ0) is 17.7. The number of nitrogens with one attached hydrogen (secondary N) is 1. The van der Waals surface area contributed by atoms with Crippen LogP contribution in [0.15, 0.2) is 42.5 Å². The normalized spacial score (nSPS) is 10.2. The first kappa shape index (κ1) is 17.8. The lowest BCUT2D eigenvalue weighted by molar-refractivity contribution is 0.0600. The molecule has 2 amide bonds. The molecule has 24 heavy (non-hydrogen) atoms. The molecule has 6 heteroatoms.